The van der Waals surface area contributed by atoms with Crippen molar-refractivity contribution in [3.8, 4) is 0 Å². The van der Waals surface area contributed by atoms with Gasteiger partial charge >= 0.3 is 6.18 Å². The molecule has 0 aromatic carbocycles. The summed E-state index contributed by atoms with van der Waals surface area (Å²) >= 11 is 0. The maximum atomic E-state index is 12.7. The van der Waals surface area contributed by atoms with E-state index in [-0.39, 0.29) is 29.9 Å². The molecule has 1 aliphatic heterocycles. The van der Waals surface area contributed by atoms with Crippen molar-refractivity contribution in [1.29, 1.82) is 0 Å². The van der Waals surface area contributed by atoms with Gasteiger partial charge in [-0.3, -0.25) is 4.99 Å². The lowest BCUT2D eigenvalue weighted by Gasteiger charge is -2.39. The third kappa shape index (κ3) is 8.53. The Hall–Kier alpha value is -1.37. The molecule has 2 aliphatic rings. The van der Waals surface area contributed by atoms with E-state index in [1.165, 1.54) is 32.1 Å². The molecule has 0 radical (unpaired) electrons. The summed E-state index contributed by atoms with van der Waals surface area (Å²) < 4.78 is 38.2. The zero-order valence-corrected chi connectivity index (χ0v) is 21.0. The fourth-order valence-electron chi connectivity index (χ4n) is 4.31. The van der Waals surface area contributed by atoms with Crippen LogP contribution in [0, 0.1) is 0 Å². The quantitative estimate of drug-likeness (QED) is 0.200. The first kappa shape index (κ1) is 26.9. The molecule has 0 bridgehead atoms. The van der Waals surface area contributed by atoms with Gasteiger partial charge in [-0.2, -0.15) is 13.2 Å². The van der Waals surface area contributed by atoms with Crippen LogP contribution in [0.15, 0.2) is 17.3 Å². The molecule has 0 atom stereocenters. The van der Waals surface area contributed by atoms with Crippen molar-refractivity contribution in [1.82, 2.24) is 25.5 Å². The van der Waals surface area contributed by atoms with Gasteiger partial charge in [-0.25, -0.2) is 9.97 Å². The van der Waals surface area contributed by atoms with Crippen LogP contribution in [-0.2, 0) is 6.18 Å². The summed E-state index contributed by atoms with van der Waals surface area (Å²) in [6, 6.07) is 2.01. The maximum absolute atomic E-state index is 12.7. The zero-order chi connectivity index (χ0) is 22.1. The number of nitrogens with zero attached hydrogens (tertiary/aromatic N) is 4. The normalized spacial score (nSPS) is 19.3. The number of hydrogen-bond acceptors (Lipinski definition) is 5. The van der Waals surface area contributed by atoms with Crippen molar-refractivity contribution in [3.63, 3.8) is 0 Å². The van der Waals surface area contributed by atoms with Crippen molar-refractivity contribution in [3.05, 3.63) is 18.0 Å². The van der Waals surface area contributed by atoms with E-state index in [2.05, 4.69) is 35.8 Å². The first-order chi connectivity index (χ1) is 15.0. The highest BCUT2D eigenvalue weighted by Crippen LogP contribution is 2.27. The zero-order valence-electron chi connectivity index (χ0n) is 18.6. The van der Waals surface area contributed by atoms with Gasteiger partial charge in [0.15, 0.2) is 5.96 Å². The molecular weight excluding hydrogens is 534 g/mol. The van der Waals surface area contributed by atoms with E-state index in [4.69, 9.17) is 0 Å². The molecule has 32 heavy (non-hydrogen) atoms. The van der Waals surface area contributed by atoms with Crippen LogP contribution in [0.1, 0.15) is 57.6 Å². The van der Waals surface area contributed by atoms with E-state index in [1.807, 2.05) is 6.92 Å². The average Bonchev–Trinajstić information content (AvgIpc) is 2.77. The Bertz CT molecular complexity index is 703. The van der Waals surface area contributed by atoms with Crippen LogP contribution < -0.4 is 16.0 Å². The van der Waals surface area contributed by atoms with Crippen molar-refractivity contribution < 1.29 is 13.2 Å². The molecule has 11 heteroatoms. The van der Waals surface area contributed by atoms with Crippen LogP contribution in [-0.4, -0.2) is 65.6 Å². The number of aliphatic imine (C=N–C) groups is 1. The largest absolute Gasteiger partial charge is 0.433 e. The van der Waals surface area contributed by atoms with E-state index in [1.54, 1.807) is 0 Å². The predicted molar refractivity (Wildman–Crippen MR) is 132 cm³/mol. The molecular formula is C21H35F3IN7. The average molecular weight is 569 g/mol. The third-order valence-electron chi connectivity index (χ3n) is 5.92. The number of piperidine rings is 1. The molecule has 1 saturated carbocycles. The minimum atomic E-state index is -4.48. The Kier molecular flexibility index (Phi) is 11.2. The van der Waals surface area contributed by atoms with Crippen LogP contribution in [0.4, 0.5) is 19.1 Å². The van der Waals surface area contributed by atoms with Gasteiger partial charge in [0.05, 0.1) is 6.54 Å². The van der Waals surface area contributed by atoms with Crippen LogP contribution in [0.25, 0.3) is 0 Å². The summed E-state index contributed by atoms with van der Waals surface area (Å²) in [4.78, 5) is 14.5. The molecule has 1 aromatic heterocycles. The second kappa shape index (κ2) is 13.4. The van der Waals surface area contributed by atoms with Gasteiger partial charge < -0.3 is 20.9 Å². The summed E-state index contributed by atoms with van der Waals surface area (Å²) in [7, 11) is 0. The van der Waals surface area contributed by atoms with Crippen LogP contribution in [0.2, 0.25) is 0 Å². The van der Waals surface area contributed by atoms with Crippen molar-refractivity contribution in [2.24, 2.45) is 4.99 Å². The standard InChI is InChI=1S/C21H34F3N7.HI/c1-2-25-19(27-12-13-28-20-26-11-8-18(30-20)21(22,23)24)29-16-9-14-31(15-10-16)17-6-4-3-5-7-17;/h8,11,16-17H,2-7,9-10,12-15H2,1H3,(H2,25,27,29)(H,26,28,30);1H. The highest BCUT2D eigenvalue weighted by Gasteiger charge is 2.32. The Morgan fingerprint density at radius 1 is 1.16 bits per heavy atom. The number of rotatable bonds is 7. The monoisotopic (exact) mass is 569 g/mol. The Balaban J connectivity index is 0.00000363. The summed E-state index contributed by atoms with van der Waals surface area (Å²) in [6.07, 6.45) is 5.59. The lowest BCUT2D eigenvalue weighted by atomic mass is 9.92. The number of alkyl halides is 3. The molecule has 0 unspecified atom stereocenters. The van der Waals surface area contributed by atoms with Gasteiger partial charge in [0.25, 0.3) is 0 Å². The maximum Gasteiger partial charge on any atom is 0.433 e. The highest BCUT2D eigenvalue weighted by atomic mass is 127. The second-order valence-corrected chi connectivity index (χ2v) is 8.20. The molecule has 3 N–H and O–H groups in total. The molecule has 2 heterocycles. The molecule has 1 saturated heterocycles. The van der Waals surface area contributed by atoms with Gasteiger partial charge in [-0.15, -0.1) is 24.0 Å². The minimum Gasteiger partial charge on any atom is -0.357 e. The molecule has 0 spiro atoms. The highest BCUT2D eigenvalue weighted by molar-refractivity contribution is 14.0. The number of aromatic nitrogens is 2. The molecule has 2 fully saturated rings. The summed E-state index contributed by atoms with van der Waals surface area (Å²) in [5.41, 5.74) is -0.955. The fraction of sp³-hybridized carbons (Fsp3) is 0.762. The van der Waals surface area contributed by atoms with Crippen molar-refractivity contribution in [2.45, 2.75) is 70.1 Å². The van der Waals surface area contributed by atoms with E-state index in [0.29, 0.717) is 19.1 Å². The first-order valence-electron chi connectivity index (χ1n) is 11.4. The second-order valence-electron chi connectivity index (χ2n) is 8.20. The fourth-order valence-corrected chi connectivity index (χ4v) is 4.31. The van der Waals surface area contributed by atoms with Gasteiger partial charge in [-0.1, -0.05) is 19.3 Å². The van der Waals surface area contributed by atoms with Gasteiger partial charge in [-0.05, 0) is 38.7 Å². The summed E-state index contributed by atoms with van der Waals surface area (Å²) in [5, 5.41) is 9.57. The van der Waals surface area contributed by atoms with Gasteiger partial charge in [0, 0.05) is 44.5 Å². The number of likely N-dealkylation sites (tertiary alicyclic amines) is 1. The minimum absolute atomic E-state index is 0. The van der Waals surface area contributed by atoms with E-state index >= 15 is 0 Å². The Morgan fingerprint density at radius 2 is 1.88 bits per heavy atom. The molecule has 1 aliphatic carbocycles. The number of nitrogens with one attached hydrogen (secondary N) is 3. The van der Waals surface area contributed by atoms with Crippen LogP contribution in [0.5, 0.6) is 0 Å². The lowest BCUT2D eigenvalue weighted by molar-refractivity contribution is -0.141. The molecule has 0 amide bonds. The van der Waals surface area contributed by atoms with Gasteiger partial charge in [0.1, 0.15) is 5.69 Å². The molecule has 3 rings (SSSR count). The van der Waals surface area contributed by atoms with Gasteiger partial charge in [0.2, 0.25) is 5.95 Å². The summed E-state index contributed by atoms with van der Waals surface area (Å²) in [6.45, 7) is 5.74. The van der Waals surface area contributed by atoms with Crippen molar-refractivity contribution in [2.75, 3.05) is 38.0 Å². The van der Waals surface area contributed by atoms with E-state index in [9.17, 15) is 13.2 Å². The lowest BCUT2D eigenvalue weighted by Crippen LogP contribution is -2.51. The Morgan fingerprint density at radius 3 is 2.53 bits per heavy atom. The number of halogens is 4. The predicted octanol–water partition coefficient (Wildman–Crippen LogP) is 3.88. The smallest absolute Gasteiger partial charge is 0.357 e. The van der Waals surface area contributed by atoms with E-state index in [0.717, 1.165) is 56.7 Å². The van der Waals surface area contributed by atoms with E-state index < -0.39 is 11.9 Å². The first-order valence-corrected chi connectivity index (χ1v) is 11.4. The molecule has 1 aromatic rings. The SMILES string of the molecule is CCNC(=NCCNc1nccc(C(F)(F)F)n1)NC1CCN(C2CCCCC2)CC1.I. The number of anilines is 1. The van der Waals surface area contributed by atoms with Crippen molar-refractivity contribution >= 4 is 35.9 Å². The topological polar surface area (TPSA) is 77.5 Å². The molecule has 7 nitrogen and oxygen atoms in total. The van der Waals surface area contributed by atoms with Crippen LogP contribution >= 0.6 is 24.0 Å². The summed E-state index contributed by atoms with van der Waals surface area (Å²) in [5.74, 6) is 0.698. The Labute approximate surface area is 205 Å². The number of guanidine groups is 1. The number of hydrogen-bond donors (Lipinski definition) is 3. The third-order valence-corrected chi connectivity index (χ3v) is 5.92. The van der Waals surface area contributed by atoms with Crippen LogP contribution in [0.3, 0.4) is 0 Å². The molecule has 182 valence electrons.